The molecule has 0 spiro atoms. The van der Waals surface area contributed by atoms with Crippen LogP contribution in [-0.2, 0) is 16.1 Å². The zero-order valence-corrected chi connectivity index (χ0v) is 14.9. The van der Waals surface area contributed by atoms with Crippen LogP contribution in [0.5, 0.6) is 0 Å². The second-order valence-electron chi connectivity index (χ2n) is 6.99. The van der Waals surface area contributed by atoms with E-state index in [0.717, 1.165) is 27.7 Å². The summed E-state index contributed by atoms with van der Waals surface area (Å²) in [5, 5.41) is 2.33. The van der Waals surface area contributed by atoms with Crippen LogP contribution in [0.4, 0.5) is 0 Å². The number of benzene rings is 2. The largest absolute Gasteiger partial charge is 0.322 e. The molecule has 1 N–H and O–H groups in total. The molecule has 7 heteroatoms. The van der Waals surface area contributed by atoms with Gasteiger partial charge in [-0.2, -0.15) is 0 Å². The lowest BCUT2D eigenvalue weighted by molar-refractivity contribution is -0.136. The van der Waals surface area contributed by atoms with E-state index in [1.807, 2.05) is 30.3 Å². The number of carbonyl (C=O) groups is 3. The summed E-state index contributed by atoms with van der Waals surface area (Å²) >= 11 is 0. The van der Waals surface area contributed by atoms with E-state index in [1.165, 1.54) is 0 Å². The van der Waals surface area contributed by atoms with Crippen LogP contribution in [0.25, 0.3) is 22.2 Å². The van der Waals surface area contributed by atoms with Crippen molar-refractivity contribution in [2.75, 3.05) is 0 Å². The number of nitrogens with one attached hydrogen (secondary N) is 1. The summed E-state index contributed by atoms with van der Waals surface area (Å²) in [7, 11) is 0. The maximum atomic E-state index is 13.0. The average Bonchev–Trinajstić information content (AvgIpc) is 3.04. The Balaban J connectivity index is 1.54. The summed E-state index contributed by atoms with van der Waals surface area (Å²) in [5.41, 5.74) is 4.96. The number of nitrogens with zero attached hydrogens (tertiary/aromatic N) is 3. The molecule has 1 fully saturated rings. The molecule has 3 amide bonds. The lowest BCUT2D eigenvalue weighted by Crippen LogP contribution is -2.52. The third-order valence-electron chi connectivity index (χ3n) is 5.36. The van der Waals surface area contributed by atoms with Gasteiger partial charge in [-0.15, -0.1) is 0 Å². The molecule has 2 aliphatic rings. The lowest BCUT2D eigenvalue weighted by atomic mass is 9.96. The smallest absolute Gasteiger partial charge is 0.255 e. The zero-order valence-electron chi connectivity index (χ0n) is 14.9. The van der Waals surface area contributed by atoms with Gasteiger partial charge < -0.3 is 4.90 Å². The van der Waals surface area contributed by atoms with Crippen LogP contribution in [-0.4, -0.2) is 38.6 Å². The quantitative estimate of drug-likeness (QED) is 0.695. The van der Waals surface area contributed by atoms with Gasteiger partial charge in [-0.05, 0) is 41.3 Å². The maximum absolute atomic E-state index is 13.0. The Morgan fingerprint density at radius 1 is 0.964 bits per heavy atom. The Hall–Kier alpha value is -3.61. The minimum absolute atomic E-state index is 0.174. The minimum atomic E-state index is -0.618. The van der Waals surface area contributed by atoms with Gasteiger partial charge in [0.25, 0.3) is 5.91 Å². The summed E-state index contributed by atoms with van der Waals surface area (Å²) in [6.07, 6.45) is 3.90. The van der Waals surface area contributed by atoms with Crippen LogP contribution >= 0.6 is 0 Å². The Kier molecular flexibility index (Phi) is 3.68. The fraction of sp³-hybridized carbons (Fsp3) is 0.190. The van der Waals surface area contributed by atoms with Gasteiger partial charge in [0, 0.05) is 30.9 Å². The van der Waals surface area contributed by atoms with Crippen molar-refractivity contribution in [2.45, 2.75) is 25.4 Å². The predicted octanol–water partition coefficient (Wildman–Crippen LogP) is 2.06. The highest BCUT2D eigenvalue weighted by atomic mass is 16.2. The second-order valence-corrected chi connectivity index (χ2v) is 6.99. The second kappa shape index (κ2) is 6.23. The molecule has 138 valence electrons. The maximum Gasteiger partial charge on any atom is 0.255 e. The van der Waals surface area contributed by atoms with Crippen LogP contribution in [0.1, 0.15) is 28.8 Å². The normalized spacial score (nSPS) is 19.1. The van der Waals surface area contributed by atoms with E-state index in [0.29, 0.717) is 18.5 Å². The highest BCUT2D eigenvalue weighted by molar-refractivity contribution is 6.06. The van der Waals surface area contributed by atoms with Crippen molar-refractivity contribution in [3.8, 4) is 11.1 Å². The molecule has 1 unspecified atom stereocenters. The van der Waals surface area contributed by atoms with Crippen molar-refractivity contribution in [3.63, 3.8) is 0 Å². The first-order valence-electron chi connectivity index (χ1n) is 9.09. The molecule has 1 saturated heterocycles. The number of aromatic nitrogens is 2. The van der Waals surface area contributed by atoms with Crippen molar-refractivity contribution in [1.29, 1.82) is 0 Å². The third-order valence-corrected chi connectivity index (χ3v) is 5.36. The fourth-order valence-electron chi connectivity index (χ4n) is 3.99. The zero-order chi connectivity index (χ0) is 19.3. The van der Waals surface area contributed by atoms with Gasteiger partial charge in [0.15, 0.2) is 0 Å². The fourth-order valence-corrected chi connectivity index (χ4v) is 3.99. The molecule has 1 aromatic heterocycles. The number of hydrogen-bond acceptors (Lipinski definition) is 5. The van der Waals surface area contributed by atoms with E-state index < -0.39 is 11.9 Å². The molecule has 1 atom stereocenters. The van der Waals surface area contributed by atoms with Crippen molar-refractivity contribution in [3.05, 3.63) is 59.9 Å². The van der Waals surface area contributed by atoms with E-state index in [1.54, 1.807) is 23.4 Å². The molecule has 28 heavy (non-hydrogen) atoms. The Morgan fingerprint density at radius 2 is 1.75 bits per heavy atom. The molecule has 0 radical (unpaired) electrons. The third kappa shape index (κ3) is 2.55. The Labute approximate surface area is 160 Å². The predicted molar refractivity (Wildman–Crippen MR) is 101 cm³/mol. The van der Waals surface area contributed by atoms with Crippen molar-refractivity contribution in [2.24, 2.45) is 0 Å². The molecule has 3 aromatic rings. The highest BCUT2D eigenvalue weighted by Crippen LogP contribution is 2.35. The number of carbonyl (C=O) groups excluding carboxylic acids is 3. The number of piperidine rings is 1. The van der Waals surface area contributed by atoms with Gasteiger partial charge in [-0.25, -0.2) is 0 Å². The molecule has 7 nitrogen and oxygen atoms in total. The molecule has 5 rings (SSSR count). The first kappa shape index (κ1) is 16.6. The van der Waals surface area contributed by atoms with Gasteiger partial charge in [-0.1, -0.05) is 18.2 Å². The first-order chi connectivity index (χ1) is 13.6. The summed E-state index contributed by atoms with van der Waals surface area (Å²) in [6, 6.07) is 10.8. The number of imide groups is 1. The Morgan fingerprint density at radius 3 is 2.57 bits per heavy atom. The minimum Gasteiger partial charge on any atom is -0.322 e. The summed E-state index contributed by atoms with van der Waals surface area (Å²) in [6.45, 7) is 0.342. The average molecular weight is 372 g/mol. The summed E-state index contributed by atoms with van der Waals surface area (Å²) < 4.78 is 0. The van der Waals surface area contributed by atoms with Crippen LogP contribution < -0.4 is 5.32 Å². The first-order valence-corrected chi connectivity index (χ1v) is 9.09. The van der Waals surface area contributed by atoms with Crippen molar-refractivity contribution in [1.82, 2.24) is 20.2 Å². The van der Waals surface area contributed by atoms with E-state index in [9.17, 15) is 14.4 Å². The molecular formula is C21H16N4O3. The monoisotopic (exact) mass is 372 g/mol. The van der Waals surface area contributed by atoms with Crippen molar-refractivity contribution >= 4 is 28.8 Å². The topological polar surface area (TPSA) is 92.3 Å². The van der Waals surface area contributed by atoms with E-state index in [2.05, 4.69) is 15.3 Å². The van der Waals surface area contributed by atoms with E-state index in [-0.39, 0.29) is 18.2 Å². The Bertz CT molecular complexity index is 1160. The van der Waals surface area contributed by atoms with Gasteiger partial charge in [-0.3, -0.25) is 29.7 Å². The van der Waals surface area contributed by atoms with E-state index >= 15 is 0 Å². The number of fused-ring (bicyclic) bond motifs is 2. The van der Waals surface area contributed by atoms with Crippen LogP contribution in [0.15, 0.2) is 48.8 Å². The SMILES string of the molecule is O=C1CCC(N2Cc3c(cccc3-c3ccc4nccnc4c3)C2=O)C(=O)N1. The van der Waals surface area contributed by atoms with Gasteiger partial charge in [0.2, 0.25) is 11.8 Å². The number of amides is 3. The molecule has 0 aliphatic carbocycles. The van der Waals surface area contributed by atoms with Crippen molar-refractivity contribution < 1.29 is 14.4 Å². The number of hydrogen-bond donors (Lipinski definition) is 1. The number of rotatable bonds is 2. The molecule has 0 bridgehead atoms. The van der Waals surface area contributed by atoms with Crippen LogP contribution in [0.2, 0.25) is 0 Å². The summed E-state index contributed by atoms with van der Waals surface area (Å²) in [4.78, 5) is 46.9. The molecule has 3 heterocycles. The molecular weight excluding hydrogens is 356 g/mol. The lowest BCUT2D eigenvalue weighted by Gasteiger charge is -2.29. The van der Waals surface area contributed by atoms with Gasteiger partial charge >= 0.3 is 0 Å². The summed E-state index contributed by atoms with van der Waals surface area (Å²) in [5.74, 6) is -0.866. The molecule has 2 aromatic carbocycles. The van der Waals surface area contributed by atoms with Crippen LogP contribution in [0.3, 0.4) is 0 Å². The molecule has 0 saturated carbocycles. The standard InChI is InChI=1S/C21H16N4O3/c26-19-7-6-18(20(27)24-19)25-11-15-13(2-1-3-14(15)21(25)28)12-4-5-16-17(10-12)23-9-8-22-16/h1-5,8-10,18H,6-7,11H2,(H,24,26,27). The van der Waals surface area contributed by atoms with E-state index in [4.69, 9.17) is 0 Å². The van der Waals surface area contributed by atoms with Gasteiger partial charge in [0.1, 0.15) is 6.04 Å². The van der Waals surface area contributed by atoms with Gasteiger partial charge in [0.05, 0.1) is 11.0 Å². The molecule has 2 aliphatic heterocycles. The highest BCUT2D eigenvalue weighted by Gasteiger charge is 2.39. The van der Waals surface area contributed by atoms with Crippen LogP contribution in [0, 0.1) is 0 Å².